The molecule has 5 unspecified atom stereocenters. The van der Waals surface area contributed by atoms with Crippen molar-refractivity contribution in [3.05, 3.63) is 37.6 Å². The number of rotatable bonds is 27. The van der Waals surface area contributed by atoms with Crippen molar-refractivity contribution in [1.82, 2.24) is 0 Å². The quantitative estimate of drug-likeness (QED) is 0.0428. The Labute approximate surface area is 445 Å². The van der Waals surface area contributed by atoms with Gasteiger partial charge in [0.05, 0.1) is 33.0 Å². The molecule has 5 rings (SSSR count). The maximum absolute atomic E-state index is 10.8. The minimum atomic E-state index is -1.66. The summed E-state index contributed by atoms with van der Waals surface area (Å²) in [6.07, 6.45) is 2.25. The number of hydrogen-bond acceptors (Lipinski definition) is 19. The van der Waals surface area contributed by atoms with Crippen LogP contribution in [0.5, 0.6) is 0 Å². The van der Waals surface area contributed by atoms with Crippen molar-refractivity contribution in [2.24, 2.45) is 0 Å². The normalized spacial score (nSPS) is 21.4. The third-order valence-electron chi connectivity index (χ3n) is 9.34. The SMILES string of the molecule is C.C=C1OCC(COCCC[Si](C)(C)OCCCCOCC2COC(=O)O2)O1.C=C1OCC(COCCC[Si](C)(C)O[Si](C)(C)C)O1.C=C1OCC(CO[Si](C)(C)C)O1.COCC1COC(=O)O1.C[Si](C)(C)C. The molecule has 430 valence electrons. The molecule has 0 spiro atoms. The summed E-state index contributed by atoms with van der Waals surface area (Å²) in [5.74, 6) is 1.21. The van der Waals surface area contributed by atoms with E-state index in [9.17, 15) is 9.59 Å². The van der Waals surface area contributed by atoms with Crippen LogP contribution in [0.15, 0.2) is 37.6 Å². The molecule has 5 aliphatic rings. The number of carbonyl (C=O) groups is 2. The van der Waals surface area contributed by atoms with Crippen LogP contribution in [0.2, 0.25) is 104 Å². The van der Waals surface area contributed by atoms with E-state index in [4.69, 9.17) is 69.8 Å². The second-order valence-corrected chi connectivity index (χ2v) is 46.4. The zero-order chi connectivity index (χ0) is 54.4. The molecule has 0 radical (unpaired) electrons. The zero-order valence-corrected chi connectivity index (χ0v) is 51.9. The van der Waals surface area contributed by atoms with Crippen LogP contribution < -0.4 is 0 Å². The van der Waals surface area contributed by atoms with E-state index in [-0.39, 0.29) is 44.6 Å². The number of unbranched alkanes of at least 4 members (excludes halogenated alkanes) is 1. The van der Waals surface area contributed by atoms with E-state index in [2.05, 4.69) is 121 Å². The summed E-state index contributed by atoms with van der Waals surface area (Å²) in [5, 5.41) is 0. The summed E-state index contributed by atoms with van der Waals surface area (Å²) in [6.45, 7) is 50.0. The maximum atomic E-state index is 10.8. The molecule has 0 aromatic heterocycles. The van der Waals surface area contributed by atoms with E-state index in [1.807, 2.05) is 0 Å². The van der Waals surface area contributed by atoms with E-state index >= 15 is 0 Å². The van der Waals surface area contributed by atoms with Gasteiger partial charge in [-0.05, 0) is 123 Å². The summed E-state index contributed by atoms with van der Waals surface area (Å²) < 4.78 is 89.4. The Bertz CT molecular complexity index is 1550. The van der Waals surface area contributed by atoms with E-state index in [0.29, 0.717) is 90.5 Å². The molecule has 0 aromatic carbocycles. The first-order chi connectivity index (χ1) is 33.4. The lowest BCUT2D eigenvalue weighted by molar-refractivity contribution is 0.0413. The second-order valence-electron chi connectivity index (χ2n) is 22.5. The molecule has 0 N–H and O–H groups in total. The van der Waals surface area contributed by atoms with Gasteiger partial charge in [-0.3, -0.25) is 0 Å². The van der Waals surface area contributed by atoms with Gasteiger partial charge in [0.15, 0.2) is 63.8 Å². The first kappa shape index (κ1) is 70.4. The van der Waals surface area contributed by atoms with Crippen molar-refractivity contribution in [2.45, 2.75) is 167 Å². The van der Waals surface area contributed by atoms with Gasteiger partial charge in [-0.1, -0.05) is 33.6 Å². The van der Waals surface area contributed by atoms with E-state index in [1.54, 1.807) is 7.11 Å². The highest BCUT2D eigenvalue weighted by Gasteiger charge is 2.30. The topological polar surface area (TPSA) is 191 Å². The smallest absolute Gasteiger partial charge is 0.462 e. The molecule has 24 heteroatoms. The highest BCUT2D eigenvalue weighted by atomic mass is 28.4. The minimum absolute atomic E-state index is 0. The molecule has 0 saturated carbocycles. The fraction of sp³-hybridized carbons (Fsp3) is 0.837. The Morgan fingerprint density at radius 1 is 0.438 bits per heavy atom. The Balaban J connectivity index is 0.000000977. The number of methoxy groups -OCH3 is 1. The third kappa shape index (κ3) is 42.2. The predicted octanol–water partition coefficient (Wildman–Crippen LogP) is 10.7. The lowest BCUT2D eigenvalue weighted by Gasteiger charge is -2.31. The van der Waals surface area contributed by atoms with Gasteiger partial charge in [0.25, 0.3) is 17.8 Å². The van der Waals surface area contributed by atoms with Crippen molar-refractivity contribution < 1.29 is 88.9 Å². The first-order valence-corrected chi connectivity index (χ1v) is 42.3. The van der Waals surface area contributed by atoms with Gasteiger partial charge in [-0.2, -0.15) is 0 Å². The Morgan fingerprint density at radius 3 is 1.12 bits per heavy atom. The molecule has 5 saturated heterocycles. The van der Waals surface area contributed by atoms with Crippen molar-refractivity contribution in [1.29, 1.82) is 0 Å². The van der Waals surface area contributed by atoms with Crippen LogP contribution in [0.1, 0.15) is 33.1 Å². The molecule has 5 aliphatic heterocycles. The summed E-state index contributed by atoms with van der Waals surface area (Å²) >= 11 is 0. The fourth-order valence-electron chi connectivity index (χ4n) is 6.44. The molecule has 73 heavy (non-hydrogen) atoms. The second kappa shape index (κ2) is 36.4. The van der Waals surface area contributed by atoms with E-state index in [1.165, 1.54) is 0 Å². The first-order valence-electron chi connectivity index (χ1n) is 25.2. The number of cyclic esters (lactones) is 4. The van der Waals surface area contributed by atoms with E-state index in [0.717, 1.165) is 51.0 Å². The maximum Gasteiger partial charge on any atom is 0.508 e. The van der Waals surface area contributed by atoms with Crippen LogP contribution in [0, 0.1) is 0 Å². The lowest BCUT2D eigenvalue weighted by Crippen LogP contribution is -2.42. The third-order valence-corrected chi connectivity index (χ3v) is 19.1. The highest BCUT2D eigenvalue weighted by molar-refractivity contribution is 6.84. The van der Waals surface area contributed by atoms with Gasteiger partial charge in [-0.25, -0.2) is 9.59 Å². The molecule has 0 aromatic rings. The highest BCUT2D eigenvalue weighted by Crippen LogP contribution is 2.21. The number of hydrogen-bond donors (Lipinski definition) is 0. The Morgan fingerprint density at radius 2 is 0.781 bits per heavy atom. The summed E-state index contributed by atoms with van der Waals surface area (Å²) in [5.41, 5.74) is 0. The van der Waals surface area contributed by atoms with Gasteiger partial charge in [0.1, 0.15) is 33.0 Å². The lowest BCUT2D eigenvalue weighted by atomic mass is 10.3. The molecule has 0 aliphatic carbocycles. The van der Waals surface area contributed by atoms with Crippen LogP contribution in [0.25, 0.3) is 0 Å². The van der Waals surface area contributed by atoms with Gasteiger partial charge in [0, 0.05) is 41.6 Å². The Hall–Kier alpha value is -2.64. The molecule has 5 atom stereocenters. The van der Waals surface area contributed by atoms with Crippen molar-refractivity contribution in [3.8, 4) is 0 Å². The van der Waals surface area contributed by atoms with Crippen LogP contribution in [0.4, 0.5) is 9.59 Å². The van der Waals surface area contributed by atoms with Crippen molar-refractivity contribution in [2.75, 3.05) is 99.6 Å². The van der Waals surface area contributed by atoms with E-state index < -0.39 is 53.7 Å². The molecule has 5 fully saturated rings. The van der Waals surface area contributed by atoms with Crippen LogP contribution in [0.3, 0.4) is 0 Å². The average molecular weight is 1130 g/mol. The van der Waals surface area contributed by atoms with Gasteiger partial charge in [-0.15, -0.1) is 0 Å². The van der Waals surface area contributed by atoms with Gasteiger partial charge in [0.2, 0.25) is 0 Å². The van der Waals surface area contributed by atoms with Crippen LogP contribution in [-0.4, -0.2) is 184 Å². The molecule has 19 nitrogen and oxygen atoms in total. The molecule has 0 bridgehead atoms. The Kier molecular flexibility index (Phi) is 35.1. The average Bonchev–Trinajstić information content (AvgIpc) is 4.11. The number of ether oxygens (including phenoxy) is 14. The molecular weight excluding hydrogens is 1030 g/mol. The van der Waals surface area contributed by atoms with Crippen molar-refractivity contribution in [3.63, 3.8) is 0 Å². The standard InChI is InChI=1S/C18H32O8Si.C13H28O4Si2.C8H16O3Si.C5H8O4.C4H12Si.CH4/c1-15-22-13-16(25-15)11-21-8-6-10-27(2,3)24-9-5-4-7-20-12-17-14-23-18(19)26-17;1-12-15-11-13(16-12)10-14-8-7-9-19(5,6)17-18(2,3)4;1-7-9-5-8(11-7)6-10-12(2,3)4;1-7-2-4-3-8-5(6)9-4;1-5(2,3)4;/h16-17H,1,4-14H2,2-3H3;13H,1,7-11H2,2-6H3;8H,1,5-6H2,2-4H3;4H,2-3H2,1H3;1-4H3;1H4. The largest absolute Gasteiger partial charge is 0.508 e. The fourth-order valence-corrected chi connectivity index (χ4v) is 17.0. The minimum Gasteiger partial charge on any atom is -0.462 e. The monoisotopic (exact) mass is 1130 g/mol. The van der Waals surface area contributed by atoms with Gasteiger partial charge >= 0.3 is 12.3 Å². The van der Waals surface area contributed by atoms with Crippen LogP contribution >= 0.6 is 0 Å². The summed E-state index contributed by atoms with van der Waals surface area (Å²) in [6, 6.07) is 2.21. The summed E-state index contributed by atoms with van der Waals surface area (Å²) in [7, 11) is -5.07. The zero-order valence-electron chi connectivity index (χ0n) is 46.9. The van der Waals surface area contributed by atoms with Gasteiger partial charge < -0.3 is 79.3 Å². The molecular formula is C49H100O19Si5. The molecule has 0 amide bonds. The van der Waals surface area contributed by atoms with Crippen LogP contribution in [-0.2, 0) is 79.3 Å². The predicted molar refractivity (Wildman–Crippen MR) is 295 cm³/mol. The summed E-state index contributed by atoms with van der Waals surface area (Å²) in [4.78, 5) is 21.0. The molecule has 5 heterocycles. The van der Waals surface area contributed by atoms with Crippen molar-refractivity contribution >= 4 is 53.7 Å². The number of carbonyl (C=O) groups excluding carboxylic acids is 2.